The Bertz CT molecular complexity index is 1080. The fourth-order valence-electron chi connectivity index (χ4n) is 3.04. The predicted molar refractivity (Wildman–Crippen MR) is 110 cm³/mol. The molecule has 0 amide bonds. The molecule has 1 heterocycles. The molecule has 0 fully saturated rings. The number of hydrogen-bond acceptors (Lipinski definition) is 9. The Labute approximate surface area is 172 Å². The van der Waals surface area contributed by atoms with Crippen LogP contribution in [0.25, 0.3) is 22.4 Å². The zero-order valence-electron chi connectivity index (χ0n) is 16.8. The summed E-state index contributed by atoms with van der Waals surface area (Å²) in [5, 5.41) is 11.4. The average Bonchev–Trinajstić information content (AvgIpc) is 2.77. The first-order valence-electron chi connectivity index (χ1n) is 8.69. The Morgan fingerprint density at radius 3 is 2.07 bits per heavy atom. The van der Waals surface area contributed by atoms with Gasteiger partial charge >= 0.3 is 5.69 Å². The van der Waals surface area contributed by atoms with E-state index in [-0.39, 0.29) is 17.4 Å². The minimum atomic E-state index is -0.514. The van der Waals surface area contributed by atoms with Gasteiger partial charge < -0.3 is 24.7 Å². The van der Waals surface area contributed by atoms with Crippen LogP contribution in [0.5, 0.6) is 23.0 Å². The summed E-state index contributed by atoms with van der Waals surface area (Å²) in [4.78, 5) is 19.3. The van der Waals surface area contributed by atoms with Crippen molar-refractivity contribution in [1.29, 1.82) is 0 Å². The third kappa shape index (κ3) is 3.75. The second-order valence-corrected chi connectivity index (χ2v) is 6.05. The average molecular weight is 412 g/mol. The van der Waals surface area contributed by atoms with Crippen molar-refractivity contribution in [3.63, 3.8) is 0 Å². The zero-order valence-corrected chi connectivity index (χ0v) is 16.8. The second kappa shape index (κ2) is 8.52. The Balaban J connectivity index is 2.26. The van der Waals surface area contributed by atoms with Gasteiger partial charge in [0.15, 0.2) is 17.2 Å². The van der Waals surface area contributed by atoms with Gasteiger partial charge in [0.2, 0.25) is 11.7 Å². The number of nitrogens with two attached hydrogens (primary N) is 1. The molecule has 0 atom stereocenters. The van der Waals surface area contributed by atoms with Crippen LogP contribution in [0.1, 0.15) is 0 Å². The Morgan fingerprint density at radius 1 is 0.900 bits per heavy atom. The fourth-order valence-corrected chi connectivity index (χ4v) is 3.04. The van der Waals surface area contributed by atoms with E-state index in [1.807, 2.05) is 0 Å². The highest BCUT2D eigenvalue weighted by Crippen LogP contribution is 2.43. The van der Waals surface area contributed by atoms with E-state index in [9.17, 15) is 10.1 Å². The van der Waals surface area contributed by atoms with E-state index in [1.54, 1.807) is 18.2 Å². The summed E-state index contributed by atoms with van der Waals surface area (Å²) in [7, 11) is 5.88. The number of methoxy groups -OCH3 is 4. The van der Waals surface area contributed by atoms with E-state index in [0.29, 0.717) is 39.6 Å². The van der Waals surface area contributed by atoms with E-state index in [4.69, 9.17) is 24.7 Å². The molecule has 2 aromatic carbocycles. The van der Waals surface area contributed by atoms with Crippen molar-refractivity contribution in [2.75, 3.05) is 34.2 Å². The topological polar surface area (TPSA) is 132 Å². The van der Waals surface area contributed by atoms with Crippen LogP contribution in [-0.4, -0.2) is 43.3 Å². The molecule has 0 saturated carbocycles. The zero-order chi connectivity index (χ0) is 21.8. The number of nitro benzene ring substituents is 1. The number of nitrogen functional groups attached to an aromatic ring is 1. The number of ether oxygens (including phenoxy) is 4. The van der Waals surface area contributed by atoms with E-state index in [0.717, 1.165) is 0 Å². The highest BCUT2D eigenvalue weighted by Gasteiger charge is 2.21. The molecule has 3 aromatic rings. The van der Waals surface area contributed by atoms with Gasteiger partial charge in [0.05, 0.1) is 39.1 Å². The molecule has 0 unspecified atom stereocenters. The lowest BCUT2D eigenvalue weighted by Gasteiger charge is -2.16. The predicted octanol–water partition coefficient (Wildman–Crippen LogP) is 3.34. The van der Waals surface area contributed by atoms with Crippen LogP contribution in [0, 0.1) is 10.1 Å². The van der Waals surface area contributed by atoms with E-state index >= 15 is 0 Å². The van der Waals surface area contributed by atoms with E-state index in [1.165, 1.54) is 46.8 Å². The number of hydrogen-bond donors (Lipinski definition) is 1. The normalized spacial score (nSPS) is 10.4. The molecule has 0 aliphatic heterocycles. The molecular formula is C20H20N4O6. The fraction of sp³-hybridized carbons (Fsp3) is 0.200. The van der Waals surface area contributed by atoms with Crippen LogP contribution in [0.15, 0.2) is 36.5 Å². The van der Waals surface area contributed by atoms with Crippen LogP contribution in [-0.2, 0) is 0 Å². The first kappa shape index (κ1) is 20.6. The molecule has 0 bridgehead atoms. The molecule has 156 valence electrons. The summed E-state index contributed by atoms with van der Waals surface area (Å²) in [6.07, 6.45) is 1.51. The van der Waals surface area contributed by atoms with Gasteiger partial charge in [-0.1, -0.05) is 6.07 Å². The van der Waals surface area contributed by atoms with Crippen molar-refractivity contribution in [2.45, 2.75) is 0 Å². The minimum Gasteiger partial charge on any atom is -0.493 e. The van der Waals surface area contributed by atoms with E-state index in [2.05, 4.69) is 9.97 Å². The van der Waals surface area contributed by atoms with Crippen molar-refractivity contribution in [3.8, 4) is 45.4 Å². The van der Waals surface area contributed by atoms with Gasteiger partial charge in [0, 0.05) is 23.4 Å². The van der Waals surface area contributed by atoms with Gasteiger partial charge in [-0.05, 0) is 23.8 Å². The molecule has 0 aliphatic rings. The molecule has 10 nitrogen and oxygen atoms in total. The summed E-state index contributed by atoms with van der Waals surface area (Å²) in [5.74, 6) is 1.47. The molecule has 3 rings (SSSR count). The quantitative estimate of drug-likeness (QED) is 0.458. The Hall–Kier alpha value is -4.08. The number of benzene rings is 2. The molecule has 10 heteroatoms. The summed E-state index contributed by atoms with van der Waals surface area (Å²) in [6.45, 7) is 0. The number of rotatable bonds is 7. The van der Waals surface area contributed by atoms with Crippen molar-refractivity contribution in [2.24, 2.45) is 0 Å². The smallest absolute Gasteiger partial charge is 0.311 e. The maximum atomic E-state index is 11.4. The Kier molecular flexibility index (Phi) is 5.86. The molecule has 0 radical (unpaired) electrons. The summed E-state index contributed by atoms with van der Waals surface area (Å²) in [5.41, 5.74) is 7.75. The number of aromatic nitrogens is 2. The molecule has 2 N–H and O–H groups in total. The second-order valence-electron chi connectivity index (χ2n) is 6.05. The van der Waals surface area contributed by atoms with Gasteiger partial charge in [-0.2, -0.15) is 0 Å². The summed E-state index contributed by atoms with van der Waals surface area (Å²) >= 11 is 0. The molecule has 1 aromatic heterocycles. The minimum absolute atomic E-state index is 0.0468. The number of nitro groups is 1. The van der Waals surface area contributed by atoms with E-state index < -0.39 is 4.92 Å². The van der Waals surface area contributed by atoms with Crippen LogP contribution in [0.2, 0.25) is 0 Å². The van der Waals surface area contributed by atoms with Gasteiger partial charge in [0.1, 0.15) is 0 Å². The van der Waals surface area contributed by atoms with Crippen molar-refractivity contribution in [3.05, 3.63) is 46.6 Å². The number of anilines is 1. The van der Waals surface area contributed by atoms with Crippen LogP contribution < -0.4 is 24.7 Å². The first-order valence-corrected chi connectivity index (χ1v) is 8.69. The lowest BCUT2D eigenvalue weighted by molar-refractivity contribution is -0.385. The van der Waals surface area contributed by atoms with Crippen molar-refractivity contribution in [1.82, 2.24) is 9.97 Å². The lowest BCUT2D eigenvalue weighted by atomic mass is 9.99. The van der Waals surface area contributed by atoms with Gasteiger partial charge in [-0.15, -0.1) is 0 Å². The standard InChI is InChI=1S/C20H20N4O6/c1-27-15-6-5-11(7-14(15)24(25)26)13-10-22-20(21)23-18(13)12-8-16(28-2)19(30-4)17(9-12)29-3/h5-10H,1-4H3,(H2,21,22,23). The largest absolute Gasteiger partial charge is 0.493 e. The highest BCUT2D eigenvalue weighted by atomic mass is 16.6. The van der Waals surface area contributed by atoms with Crippen molar-refractivity contribution < 1.29 is 23.9 Å². The van der Waals surface area contributed by atoms with Crippen LogP contribution in [0.4, 0.5) is 11.6 Å². The number of nitrogens with zero attached hydrogens (tertiary/aromatic N) is 3. The van der Waals surface area contributed by atoms with Gasteiger partial charge in [-0.25, -0.2) is 9.97 Å². The van der Waals surface area contributed by atoms with Gasteiger partial charge in [-0.3, -0.25) is 10.1 Å². The molecule has 30 heavy (non-hydrogen) atoms. The third-order valence-corrected chi connectivity index (χ3v) is 4.43. The highest BCUT2D eigenvalue weighted by molar-refractivity contribution is 5.84. The van der Waals surface area contributed by atoms with Crippen LogP contribution >= 0.6 is 0 Å². The molecule has 0 spiro atoms. The lowest BCUT2D eigenvalue weighted by Crippen LogP contribution is -2.01. The van der Waals surface area contributed by atoms with Gasteiger partial charge in [0.25, 0.3) is 0 Å². The molecule has 0 aliphatic carbocycles. The summed E-state index contributed by atoms with van der Waals surface area (Å²) in [6, 6.07) is 8.02. The third-order valence-electron chi connectivity index (χ3n) is 4.43. The van der Waals surface area contributed by atoms with Crippen molar-refractivity contribution >= 4 is 11.6 Å². The Morgan fingerprint density at radius 2 is 1.53 bits per heavy atom. The molecular weight excluding hydrogens is 392 g/mol. The maximum Gasteiger partial charge on any atom is 0.311 e. The first-order chi connectivity index (χ1) is 14.4. The van der Waals surface area contributed by atoms with Crippen LogP contribution in [0.3, 0.4) is 0 Å². The summed E-state index contributed by atoms with van der Waals surface area (Å²) < 4.78 is 21.3. The SMILES string of the molecule is COc1ccc(-c2cnc(N)nc2-c2cc(OC)c(OC)c(OC)c2)cc1[N+](=O)[O-]. The molecule has 0 saturated heterocycles. The maximum absolute atomic E-state index is 11.4. The monoisotopic (exact) mass is 412 g/mol.